The summed E-state index contributed by atoms with van der Waals surface area (Å²) in [6.45, 7) is 0.450. The highest BCUT2D eigenvalue weighted by molar-refractivity contribution is 5.80. The summed E-state index contributed by atoms with van der Waals surface area (Å²) < 4.78 is 5.92. The molecule has 3 heteroatoms. The number of ether oxygens (including phenoxy) is 1. The second-order valence-corrected chi connectivity index (χ2v) is 8.09. The molecule has 0 aliphatic heterocycles. The molecule has 0 unspecified atom stereocenters. The molecule has 0 fully saturated rings. The van der Waals surface area contributed by atoms with Gasteiger partial charge in [-0.15, -0.1) is 0 Å². The summed E-state index contributed by atoms with van der Waals surface area (Å²) in [5.41, 5.74) is 10.7. The highest BCUT2D eigenvalue weighted by atomic mass is 16.6. The number of hydrogen-bond donors (Lipinski definition) is 1. The predicted molar refractivity (Wildman–Crippen MR) is 122 cm³/mol. The minimum absolute atomic E-state index is 0.377. The fourth-order valence-corrected chi connectivity index (χ4v) is 4.94. The van der Waals surface area contributed by atoms with E-state index in [1.807, 2.05) is 36.4 Å². The summed E-state index contributed by atoms with van der Waals surface area (Å²) >= 11 is 0. The average Bonchev–Trinajstić information content (AvgIpc) is 3.35. The normalized spacial score (nSPS) is 13.2. The largest absolute Gasteiger partial charge is 0.436 e. The summed E-state index contributed by atoms with van der Waals surface area (Å²) in [4.78, 5) is 12.8. The number of nitrogens with one attached hydrogen (secondary N) is 1. The van der Waals surface area contributed by atoms with Gasteiger partial charge in [0.25, 0.3) is 0 Å². The van der Waals surface area contributed by atoms with Crippen molar-refractivity contribution in [2.75, 3.05) is 0 Å². The molecule has 0 heterocycles. The van der Waals surface area contributed by atoms with Crippen molar-refractivity contribution >= 4 is 6.09 Å². The van der Waals surface area contributed by atoms with E-state index in [0.29, 0.717) is 6.54 Å². The Hall–Kier alpha value is -3.85. The Labute approximate surface area is 181 Å². The first kappa shape index (κ1) is 18.0. The van der Waals surface area contributed by atoms with Gasteiger partial charge in [-0.2, -0.15) is 0 Å². The van der Waals surface area contributed by atoms with Crippen molar-refractivity contribution in [3.8, 4) is 22.3 Å². The van der Waals surface area contributed by atoms with Gasteiger partial charge in [0.15, 0.2) is 6.10 Å². The van der Waals surface area contributed by atoms with Crippen molar-refractivity contribution in [1.29, 1.82) is 0 Å². The van der Waals surface area contributed by atoms with Gasteiger partial charge in [-0.25, -0.2) is 4.79 Å². The van der Waals surface area contributed by atoms with Gasteiger partial charge in [-0.3, -0.25) is 0 Å². The van der Waals surface area contributed by atoms with Gasteiger partial charge in [0, 0.05) is 17.7 Å². The lowest BCUT2D eigenvalue weighted by Gasteiger charge is -2.16. The molecule has 1 N–H and O–H groups in total. The van der Waals surface area contributed by atoms with E-state index < -0.39 is 6.09 Å². The number of carbonyl (C=O) groups excluding carboxylic acids is 1. The Balaban J connectivity index is 1.21. The number of rotatable bonds is 3. The van der Waals surface area contributed by atoms with E-state index in [2.05, 4.69) is 59.9 Å². The molecule has 31 heavy (non-hydrogen) atoms. The molecule has 2 aliphatic rings. The van der Waals surface area contributed by atoms with E-state index >= 15 is 0 Å². The Bertz CT molecular complexity index is 1280. The summed E-state index contributed by atoms with van der Waals surface area (Å²) in [5.74, 6) is 0. The molecule has 0 saturated carbocycles. The van der Waals surface area contributed by atoms with Crippen LogP contribution in [0.5, 0.6) is 0 Å². The lowest BCUT2D eigenvalue weighted by molar-refractivity contribution is 0.118. The second kappa shape index (κ2) is 7.13. The van der Waals surface area contributed by atoms with Crippen LogP contribution in [0.4, 0.5) is 4.79 Å². The SMILES string of the molecule is O=C(NCc1cccc2c1Cc1ccccc1-2)OC1c2ccccc2-c2ccccc21. The molecule has 0 saturated heterocycles. The molecule has 0 bridgehead atoms. The van der Waals surface area contributed by atoms with Crippen LogP contribution < -0.4 is 5.32 Å². The number of alkyl carbamates (subject to hydrolysis) is 1. The van der Waals surface area contributed by atoms with Crippen LogP contribution in [0.15, 0.2) is 91.0 Å². The van der Waals surface area contributed by atoms with Crippen LogP contribution in [0.25, 0.3) is 22.3 Å². The van der Waals surface area contributed by atoms with Crippen LogP contribution in [0.2, 0.25) is 0 Å². The predicted octanol–water partition coefficient (Wildman–Crippen LogP) is 6.25. The summed E-state index contributed by atoms with van der Waals surface area (Å²) in [5, 5.41) is 2.98. The first-order valence-corrected chi connectivity index (χ1v) is 10.6. The maximum Gasteiger partial charge on any atom is 0.408 e. The fraction of sp³-hybridized carbons (Fsp3) is 0.107. The molecule has 0 radical (unpaired) electrons. The van der Waals surface area contributed by atoms with Gasteiger partial charge in [0.05, 0.1) is 0 Å². The Kier molecular flexibility index (Phi) is 4.13. The van der Waals surface area contributed by atoms with Gasteiger partial charge in [0.2, 0.25) is 0 Å². The first-order chi connectivity index (χ1) is 15.3. The zero-order chi connectivity index (χ0) is 20.8. The first-order valence-electron chi connectivity index (χ1n) is 10.6. The number of amides is 1. The van der Waals surface area contributed by atoms with Crippen molar-refractivity contribution in [3.05, 3.63) is 119 Å². The molecule has 1 amide bonds. The Morgan fingerprint density at radius 3 is 2.10 bits per heavy atom. The summed E-state index contributed by atoms with van der Waals surface area (Å²) in [7, 11) is 0. The summed E-state index contributed by atoms with van der Waals surface area (Å²) in [6.07, 6.45) is 0.129. The number of benzene rings is 4. The molecular weight excluding hydrogens is 382 g/mol. The molecule has 4 aromatic carbocycles. The Morgan fingerprint density at radius 2 is 1.35 bits per heavy atom. The molecule has 0 atom stereocenters. The standard InChI is InChI=1S/C28H21NO2/c30-28(31-27-24-13-5-3-11-22(24)23-12-4-6-14-25(23)27)29-17-19-9-7-15-21-20-10-2-1-8-18(20)16-26(19)21/h1-15,27H,16-17H2,(H,29,30). The van der Waals surface area contributed by atoms with Crippen molar-refractivity contribution in [3.63, 3.8) is 0 Å². The van der Waals surface area contributed by atoms with Crippen molar-refractivity contribution in [2.24, 2.45) is 0 Å². The van der Waals surface area contributed by atoms with E-state index in [4.69, 9.17) is 4.74 Å². The maximum absolute atomic E-state index is 12.8. The van der Waals surface area contributed by atoms with Crippen molar-refractivity contribution < 1.29 is 9.53 Å². The topological polar surface area (TPSA) is 38.3 Å². The minimum Gasteiger partial charge on any atom is -0.436 e. The van der Waals surface area contributed by atoms with E-state index in [9.17, 15) is 4.79 Å². The van der Waals surface area contributed by atoms with Gasteiger partial charge in [0.1, 0.15) is 0 Å². The quantitative estimate of drug-likeness (QED) is 0.386. The molecule has 6 rings (SSSR count). The highest BCUT2D eigenvalue weighted by Gasteiger charge is 2.31. The van der Waals surface area contributed by atoms with Crippen molar-refractivity contribution in [1.82, 2.24) is 5.32 Å². The maximum atomic E-state index is 12.8. The van der Waals surface area contributed by atoms with Crippen molar-refractivity contribution in [2.45, 2.75) is 19.1 Å². The van der Waals surface area contributed by atoms with Crippen LogP contribution in [0.1, 0.15) is 33.9 Å². The molecule has 150 valence electrons. The second-order valence-electron chi connectivity index (χ2n) is 8.09. The van der Waals surface area contributed by atoms with Gasteiger partial charge in [-0.05, 0) is 45.4 Å². The third kappa shape index (κ3) is 2.93. The number of hydrogen-bond acceptors (Lipinski definition) is 2. The number of carbonyl (C=O) groups is 1. The van der Waals surface area contributed by atoms with Gasteiger partial charge in [-0.1, -0.05) is 91.0 Å². The Morgan fingerprint density at radius 1 is 0.742 bits per heavy atom. The molecule has 0 spiro atoms. The fourth-order valence-electron chi connectivity index (χ4n) is 4.94. The third-order valence-corrected chi connectivity index (χ3v) is 6.37. The third-order valence-electron chi connectivity index (χ3n) is 6.37. The lowest BCUT2D eigenvalue weighted by Crippen LogP contribution is -2.26. The smallest absolute Gasteiger partial charge is 0.408 e. The van der Waals surface area contributed by atoms with E-state index in [1.54, 1.807) is 0 Å². The molecule has 3 nitrogen and oxygen atoms in total. The zero-order valence-electron chi connectivity index (χ0n) is 17.0. The van der Waals surface area contributed by atoms with Crippen LogP contribution >= 0.6 is 0 Å². The van der Waals surface area contributed by atoms with Crippen LogP contribution in [-0.4, -0.2) is 6.09 Å². The van der Waals surface area contributed by atoms with Gasteiger partial charge >= 0.3 is 6.09 Å². The van der Waals surface area contributed by atoms with Crippen LogP contribution in [0.3, 0.4) is 0 Å². The molecular formula is C28H21NO2. The van der Waals surface area contributed by atoms with Crippen LogP contribution in [-0.2, 0) is 17.7 Å². The number of fused-ring (bicyclic) bond motifs is 6. The van der Waals surface area contributed by atoms with E-state index in [1.165, 1.54) is 22.3 Å². The zero-order valence-corrected chi connectivity index (χ0v) is 17.0. The summed E-state index contributed by atoms with van der Waals surface area (Å²) in [6, 6.07) is 31.1. The highest BCUT2D eigenvalue weighted by Crippen LogP contribution is 2.45. The molecule has 2 aliphatic carbocycles. The minimum atomic E-state index is -0.398. The van der Waals surface area contributed by atoms with Gasteiger partial charge < -0.3 is 10.1 Å². The molecule has 4 aromatic rings. The molecule has 0 aromatic heterocycles. The van der Waals surface area contributed by atoms with Crippen LogP contribution in [0, 0.1) is 0 Å². The van der Waals surface area contributed by atoms with E-state index in [0.717, 1.165) is 34.2 Å². The van der Waals surface area contributed by atoms with E-state index in [-0.39, 0.29) is 6.10 Å². The average molecular weight is 403 g/mol. The lowest BCUT2D eigenvalue weighted by atomic mass is 10.0. The monoisotopic (exact) mass is 403 g/mol.